The maximum absolute atomic E-state index is 13.6. The summed E-state index contributed by atoms with van der Waals surface area (Å²) in [6, 6.07) is 4.37. The summed E-state index contributed by atoms with van der Waals surface area (Å²) in [6.07, 6.45) is 0.325. The fraction of sp³-hybridized carbons (Fsp3) is 0.581. The number of nitrogens with one attached hydrogen (secondary N) is 4. The molecular weight excluding hydrogens is 636 g/mol. The number of aromatic amines is 1. The molecule has 0 saturated heterocycles. The average Bonchev–Trinajstić information content (AvgIpc) is 3.34. The molecule has 256 valence electrons. The normalized spacial score (nSPS) is 13.6. The van der Waals surface area contributed by atoms with Gasteiger partial charge in [-0.05, 0) is 67.0 Å². The van der Waals surface area contributed by atoms with E-state index in [0.717, 1.165) is 16.5 Å². The number of amides is 3. The first-order chi connectivity index (χ1) is 21.5. The van der Waals surface area contributed by atoms with Crippen molar-refractivity contribution < 1.29 is 42.9 Å². The lowest BCUT2D eigenvalue weighted by atomic mass is 10.0. The summed E-state index contributed by atoms with van der Waals surface area (Å²) in [5, 5.41) is 8.75. The van der Waals surface area contributed by atoms with Crippen LogP contribution in [0.15, 0.2) is 30.5 Å². The highest BCUT2D eigenvalue weighted by Crippen LogP contribution is 2.24. The lowest BCUT2D eigenvalue weighted by Gasteiger charge is -2.25. The molecule has 0 bridgehead atoms. The molecule has 0 aliphatic heterocycles. The number of hydrogen-bond acceptors (Lipinski definition) is 11. The number of aromatic nitrogens is 1. The van der Waals surface area contributed by atoms with Gasteiger partial charge in [-0.15, -0.1) is 0 Å². The number of benzene rings is 1. The highest BCUT2D eigenvalue weighted by molar-refractivity contribution is 8.76. The first kappa shape index (κ1) is 38.6. The van der Waals surface area contributed by atoms with Crippen LogP contribution in [0.2, 0.25) is 0 Å². The summed E-state index contributed by atoms with van der Waals surface area (Å²) >= 11 is 0. The molecule has 0 saturated carbocycles. The van der Waals surface area contributed by atoms with Gasteiger partial charge < -0.3 is 39.9 Å². The Morgan fingerprint density at radius 3 is 1.72 bits per heavy atom. The van der Waals surface area contributed by atoms with Crippen molar-refractivity contribution in [2.24, 2.45) is 0 Å². The average molecular weight is 683 g/mol. The minimum Gasteiger partial charge on any atom is -0.464 e. The van der Waals surface area contributed by atoms with Crippen LogP contribution in [0, 0.1) is 0 Å². The van der Waals surface area contributed by atoms with E-state index >= 15 is 0 Å². The fourth-order valence-corrected chi connectivity index (χ4v) is 6.25. The minimum atomic E-state index is -1.09. The highest BCUT2D eigenvalue weighted by atomic mass is 33.1. The Labute approximate surface area is 277 Å². The molecule has 46 heavy (non-hydrogen) atoms. The van der Waals surface area contributed by atoms with Gasteiger partial charge in [0.05, 0.1) is 13.2 Å². The molecule has 0 aliphatic rings. The molecule has 0 radical (unpaired) electrons. The number of para-hydroxylation sites is 1. The van der Waals surface area contributed by atoms with Crippen LogP contribution in [0.4, 0.5) is 9.59 Å². The molecule has 4 N–H and O–H groups in total. The Morgan fingerprint density at radius 1 is 0.739 bits per heavy atom. The van der Waals surface area contributed by atoms with Crippen LogP contribution in [-0.2, 0) is 39.8 Å². The molecule has 15 heteroatoms. The van der Waals surface area contributed by atoms with Gasteiger partial charge in [0.2, 0.25) is 5.91 Å². The van der Waals surface area contributed by atoms with Gasteiger partial charge in [-0.3, -0.25) is 4.79 Å². The molecular formula is C31H46N4O9S2. The van der Waals surface area contributed by atoms with E-state index in [-0.39, 0.29) is 31.1 Å². The number of esters is 2. The SMILES string of the molecule is CCOC(=O)[C@H](CSSC[C@H](NC(=O)[C@H](Cc1c[nH]c2ccccc12)NC(=O)OC(C)(C)C)C(=O)OCC)NC(=O)OC(C)(C)C. The van der Waals surface area contributed by atoms with Crippen LogP contribution >= 0.6 is 21.6 Å². The zero-order valence-electron chi connectivity index (χ0n) is 27.6. The van der Waals surface area contributed by atoms with E-state index in [1.54, 1.807) is 61.6 Å². The monoisotopic (exact) mass is 682 g/mol. The number of H-pyrrole nitrogens is 1. The van der Waals surface area contributed by atoms with E-state index in [1.165, 1.54) is 21.6 Å². The predicted molar refractivity (Wildman–Crippen MR) is 178 cm³/mol. The van der Waals surface area contributed by atoms with Crippen molar-refractivity contribution in [3.8, 4) is 0 Å². The predicted octanol–water partition coefficient (Wildman–Crippen LogP) is 4.49. The number of ether oxygens (including phenoxy) is 4. The molecule has 3 atom stereocenters. The van der Waals surface area contributed by atoms with Crippen LogP contribution in [0.3, 0.4) is 0 Å². The largest absolute Gasteiger partial charge is 0.464 e. The van der Waals surface area contributed by atoms with Crippen LogP contribution in [0.1, 0.15) is 61.0 Å². The Balaban J connectivity index is 2.16. The second-order valence-electron chi connectivity index (χ2n) is 12.1. The van der Waals surface area contributed by atoms with E-state index in [0.29, 0.717) is 0 Å². The van der Waals surface area contributed by atoms with Crippen LogP contribution in [0.5, 0.6) is 0 Å². The number of alkyl carbamates (subject to hydrolysis) is 2. The Kier molecular flexibility index (Phi) is 15.0. The fourth-order valence-electron chi connectivity index (χ4n) is 3.96. The van der Waals surface area contributed by atoms with Crippen molar-refractivity contribution in [3.05, 3.63) is 36.0 Å². The summed E-state index contributed by atoms with van der Waals surface area (Å²) in [5.41, 5.74) is 0.0918. The van der Waals surface area contributed by atoms with Gasteiger partial charge in [-0.1, -0.05) is 39.8 Å². The smallest absolute Gasteiger partial charge is 0.408 e. The van der Waals surface area contributed by atoms with Crippen molar-refractivity contribution in [2.45, 2.75) is 91.1 Å². The van der Waals surface area contributed by atoms with Crippen LogP contribution < -0.4 is 16.0 Å². The molecule has 0 spiro atoms. The van der Waals surface area contributed by atoms with Gasteiger partial charge in [-0.25, -0.2) is 19.2 Å². The molecule has 13 nitrogen and oxygen atoms in total. The molecule has 1 aromatic heterocycles. The second kappa shape index (κ2) is 17.9. The quantitative estimate of drug-likeness (QED) is 0.0902. The molecule has 3 amide bonds. The van der Waals surface area contributed by atoms with Gasteiger partial charge in [0, 0.05) is 35.0 Å². The zero-order chi connectivity index (χ0) is 34.5. The number of fused-ring (bicyclic) bond motifs is 1. The maximum atomic E-state index is 13.6. The van der Waals surface area contributed by atoms with Crippen LogP contribution in [-0.4, -0.2) is 89.1 Å². The number of carbonyl (C=O) groups excluding carboxylic acids is 5. The molecule has 2 aromatic rings. The van der Waals surface area contributed by atoms with Gasteiger partial charge in [0.15, 0.2) is 0 Å². The Morgan fingerprint density at radius 2 is 1.22 bits per heavy atom. The van der Waals surface area contributed by atoms with E-state index in [4.69, 9.17) is 18.9 Å². The minimum absolute atomic E-state index is 0.0590. The first-order valence-corrected chi connectivity index (χ1v) is 17.4. The second-order valence-corrected chi connectivity index (χ2v) is 14.6. The molecule has 0 aliphatic carbocycles. The van der Waals surface area contributed by atoms with Gasteiger partial charge in [0.25, 0.3) is 0 Å². The van der Waals surface area contributed by atoms with E-state index in [9.17, 15) is 24.0 Å². The van der Waals surface area contributed by atoms with Gasteiger partial charge in [-0.2, -0.15) is 0 Å². The topological polar surface area (TPSA) is 174 Å². The molecule has 1 aromatic carbocycles. The zero-order valence-corrected chi connectivity index (χ0v) is 29.3. The molecule has 1 heterocycles. The van der Waals surface area contributed by atoms with Crippen molar-refractivity contribution in [1.82, 2.24) is 20.9 Å². The third kappa shape index (κ3) is 13.8. The summed E-state index contributed by atoms with van der Waals surface area (Å²) < 4.78 is 20.9. The number of carbonyl (C=O) groups is 5. The number of hydrogen-bond donors (Lipinski definition) is 4. The maximum Gasteiger partial charge on any atom is 0.408 e. The third-order valence-electron chi connectivity index (χ3n) is 5.81. The highest BCUT2D eigenvalue weighted by Gasteiger charge is 2.31. The van der Waals surface area contributed by atoms with Crippen LogP contribution in [0.25, 0.3) is 10.9 Å². The third-order valence-corrected chi connectivity index (χ3v) is 8.23. The van der Waals surface area contributed by atoms with E-state index < -0.39 is 59.4 Å². The van der Waals surface area contributed by atoms with Crippen molar-refractivity contribution in [3.63, 3.8) is 0 Å². The summed E-state index contributed by atoms with van der Waals surface area (Å²) in [6.45, 7) is 13.8. The summed E-state index contributed by atoms with van der Waals surface area (Å²) in [7, 11) is 2.38. The molecule has 2 rings (SSSR count). The van der Waals surface area contributed by atoms with Gasteiger partial charge in [0.1, 0.15) is 29.3 Å². The summed E-state index contributed by atoms with van der Waals surface area (Å²) in [4.78, 5) is 67.2. The summed E-state index contributed by atoms with van der Waals surface area (Å²) in [5.74, 6) is -1.76. The Hall–Kier alpha value is -3.59. The van der Waals surface area contributed by atoms with Crippen molar-refractivity contribution in [2.75, 3.05) is 24.7 Å². The standard InChI is InChI=1S/C31H46N4O9S2/c1-9-41-26(37)23(17-45-46-18-24(27(38)42-10-2)35-29(40)44-31(6,7)8)33-25(36)22(34-28(39)43-30(3,4)5)15-19-16-32-21-14-12-11-13-20(19)21/h11-14,16,22-24,32H,9-10,15,17-18H2,1-8H3,(H,33,36)(H,34,39)(H,35,40)/t22-,23-,24-/m0/s1. The number of rotatable bonds is 15. The molecule has 0 unspecified atom stereocenters. The van der Waals surface area contributed by atoms with E-state index in [1.807, 2.05) is 24.3 Å². The lowest BCUT2D eigenvalue weighted by Crippen LogP contribution is -2.54. The molecule has 0 fully saturated rings. The lowest BCUT2D eigenvalue weighted by molar-refractivity contribution is -0.147. The van der Waals surface area contributed by atoms with Crippen molar-refractivity contribution >= 4 is 62.5 Å². The van der Waals surface area contributed by atoms with E-state index in [2.05, 4.69) is 20.9 Å². The first-order valence-electron chi connectivity index (χ1n) is 14.9. The van der Waals surface area contributed by atoms with Gasteiger partial charge >= 0.3 is 24.1 Å². The van der Waals surface area contributed by atoms with Crippen molar-refractivity contribution in [1.29, 1.82) is 0 Å². The Bertz CT molecular complexity index is 1340.